The van der Waals surface area contributed by atoms with Gasteiger partial charge in [0.15, 0.2) is 5.82 Å². The third-order valence-corrected chi connectivity index (χ3v) is 7.33. The van der Waals surface area contributed by atoms with E-state index in [4.69, 9.17) is 10.2 Å². The molecule has 4 heterocycles. The van der Waals surface area contributed by atoms with E-state index in [1.807, 2.05) is 30.5 Å². The van der Waals surface area contributed by atoms with Crippen LogP contribution in [-0.4, -0.2) is 52.7 Å². The number of aromatic nitrogens is 3. The molecule has 0 N–H and O–H groups in total. The molecule has 2 aliphatic heterocycles. The maximum atomic E-state index is 9.15. The second-order valence-electron chi connectivity index (χ2n) is 10.2. The van der Waals surface area contributed by atoms with Crippen molar-refractivity contribution in [1.29, 1.82) is 5.26 Å². The molecular weight excluding hydrogens is 432 g/mol. The zero-order chi connectivity index (χ0) is 24.1. The van der Waals surface area contributed by atoms with E-state index in [1.54, 1.807) is 0 Å². The van der Waals surface area contributed by atoms with Crippen molar-refractivity contribution in [3.63, 3.8) is 0 Å². The molecule has 35 heavy (non-hydrogen) atoms. The minimum absolute atomic E-state index is 0.678. The monoisotopic (exact) mass is 462 g/mol. The average molecular weight is 463 g/mol. The molecule has 0 unspecified atom stereocenters. The number of fused-ring (bicyclic) bond motifs is 5. The molecule has 1 fully saturated rings. The molecule has 1 atom stereocenters. The molecule has 0 spiro atoms. The zero-order valence-corrected chi connectivity index (χ0v) is 20.6. The molecule has 0 saturated carbocycles. The highest BCUT2D eigenvalue weighted by Gasteiger charge is 2.26. The van der Waals surface area contributed by atoms with Gasteiger partial charge in [-0.1, -0.05) is 12.1 Å². The third kappa shape index (κ3) is 3.82. The van der Waals surface area contributed by atoms with Gasteiger partial charge in [-0.25, -0.2) is 4.98 Å². The van der Waals surface area contributed by atoms with Crippen LogP contribution in [0.5, 0.6) is 0 Å². The number of rotatable bonds is 4. The van der Waals surface area contributed by atoms with Crippen LogP contribution in [-0.2, 0) is 6.54 Å². The van der Waals surface area contributed by atoms with Gasteiger partial charge in [-0.15, -0.1) is 0 Å². The van der Waals surface area contributed by atoms with Gasteiger partial charge in [0.25, 0.3) is 0 Å². The Morgan fingerprint density at radius 1 is 1.09 bits per heavy atom. The topological polar surface area (TPSA) is 53.0 Å². The lowest BCUT2D eigenvalue weighted by Crippen LogP contribution is -2.25. The van der Waals surface area contributed by atoms with Crippen LogP contribution in [0.3, 0.4) is 0 Å². The van der Waals surface area contributed by atoms with Gasteiger partial charge in [0.2, 0.25) is 0 Å². The van der Waals surface area contributed by atoms with Gasteiger partial charge in [-0.2, -0.15) is 5.26 Å². The van der Waals surface area contributed by atoms with Gasteiger partial charge in [0.1, 0.15) is 0 Å². The first-order valence-corrected chi connectivity index (χ1v) is 12.3. The molecule has 0 amide bonds. The summed E-state index contributed by atoms with van der Waals surface area (Å²) < 4.78 is 4.61. The Kier molecular flexibility index (Phi) is 5.23. The summed E-state index contributed by atoms with van der Waals surface area (Å²) >= 11 is 0. The van der Waals surface area contributed by atoms with Crippen LogP contribution in [0.4, 0.5) is 5.69 Å². The van der Waals surface area contributed by atoms with Crippen molar-refractivity contribution < 1.29 is 0 Å². The standard InChI is InChI=1S/C29H30N6/c1-20-15-31-29-28-13-24(23-6-4-21(14-30)5-7-23)18-34(28)19-25-12-26(8-9-27(25)35(20)29)33-11-10-22(17-33)16-32(2)3/h4-9,12-13,15,18,22H,10-11,16-17,19H2,1-3H3/t22-/m0/s1. The first-order chi connectivity index (χ1) is 17.0. The molecule has 2 aromatic carbocycles. The van der Waals surface area contributed by atoms with Gasteiger partial charge >= 0.3 is 0 Å². The van der Waals surface area contributed by atoms with Gasteiger partial charge in [-0.05, 0) is 80.9 Å². The smallest absolute Gasteiger partial charge is 0.161 e. The SMILES string of the molecule is Cc1cnc2n1-c1ccc(N3CC[C@@H](CN(C)C)C3)cc1Cn1cc(-c3ccc(C#N)cc3)cc1-2. The number of imidazole rings is 1. The van der Waals surface area contributed by atoms with Crippen molar-refractivity contribution >= 4 is 5.69 Å². The Bertz CT molecular complexity index is 1430. The second-order valence-corrected chi connectivity index (χ2v) is 10.2. The maximum absolute atomic E-state index is 9.15. The number of nitriles is 1. The van der Waals surface area contributed by atoms with E-state index in [0.717, 1.165) is 60.4 Å². The lowest BCUT2D eigenvalue weighted by atomic mass is 10.1. The first-order valence-electron chi connectivity index (χ1n) is 12.3. The first kappa shape index (κ1) is 21.7. The highest BCUT2D eigenvalue weighted by molar-refractivity contribution is 5.73. The molecular formula is C29H30N6. The van der Waals surface area contributed by atoms with Gasteiger partial charge in [-0.3, -0.25) is 4.57 Å². The predicted molar refractivity (Wildman–Crippen MR) is 140 cm³/mol. The van der Waals surface area contributed by atoms with Crippen molar-refractivity contribution in [3.05, 3.63) is 77.7 Å². The number of aryl methyl sites for hydroxylation is 1. The normalized spacial score (nSPS) is 16.5. The fourth-order valence-electron chi connectivity index (χ4n) is 5.68. The summed E-state index contributed by atoms with van der Waals surface area (Å²) in [5, 5.41) is 9.15. The van der Waals surface area contributed by atoms with E-state index in [1.165, 1.54) is 23.4 Å². The van der Waals surface area contributed by atoms with Gasteiger partial charge < -0.3 is 14.4 Å². The molecule has 0 radical (unpaired) electrons. The average Bonchev–Trinajstić information content (AvgIpc) is 3.56. The van der Waals surface area contributed by atoms with Crippen LogP contribution in [0.1, 0.15) is 23.2 Å². The number of nitrogens with zero attached hydrogens (tertiary/aromatic N) is 6. The fourth-order valence-corrected chi connectivity index (χ4v) is 5.68. The molecule has 4 aromatic rings. The Morgan fingerprint density at radius 2 is 1.91 bits per heavy atom. The van der Waals surface area contributed by atoms with Crippen molar-refractivity contribution in [3.8, 4) is 34.4 Å². The van der Waals surface area contributed by atoms with E-state index in [9.17, 15) is 0 Å². The summed E-state index contributed by atoms with van der Waals surface area (Å²) in [7, 11) is 4.33. The summed E-state index contributed by atoms with van der Waals surface area (Å²) in [5.41, 5.74) is 9.01. The summed E-state index contributed by atoms with van der Waals surface area (Å²) in [6.07, 6.45) is 5.43. The molecule has 6 rings (SSSR count). The maximum Gasteiger partial charge on any atom is 0.161 e. The number of anilines is 1. The number of hydrogen-bond donors (Lipinski definition) is 0. The molecule has 6 nitrogen and oxygen atoms in total. The lowest BCUT2D eigenvalue weighted by molar-refractivity contribution is 0.340. The molecule has 2 aromatic heterocycles. The van der Waals surface area contributed by atoms with Crippen LogP contribution in [0.15, 0.2) is 60.9 Å². The van der Waals surface area contributed by atoms with Gasteiger partial charge in [0, 0.05) is 55.5 Å². The van der Waals surface area contributed by atoms with Crippen LogP contribution in [0.25, 0.3) is 28.3 Å². The van der Waals surface area contributed by atoms with Crippen molar-refractivity contribution in [2.75, 3.05) is 38.6 Å². The van der Waals surface area contributed by atoms with Crippen molar-refractivity contribution in [2.24, 2.45) is 5.92 Å². The Hall–Kier alpha value is -3.82. The molecule has 0 bridgehead atoms. The van der Waals surface area contributed by atoms with E-state index in [2.05, 4.69) is 76.5 Å². The molecule has 6 heteroatoms. The third-order valence-electron chi connectivity index (χ3n) is 7.33. The quantitative estimate of drug-likeness (QED) is 0.380. The minimum atomic E-state index is 0.678. The second kappa shape index (κ2) is 8.44. The van der Waals surface area contributed by atoms with E-state index >= 15 is 0 Å². The Balaban J connectivity index is 1.39. The number of benzene rings is 2. The molecule has 0 aliphatic carbocycles. The van der Waals surface area contributed by atoms with Crippen molar-refractivity contribution in [2.45, 2.75) is 19.9 Å². The Morgan fingerprint density at radius 3 is 2.69 bits per heavy atom. The molecule has 176 valence electrons. The molecule has 2 aliphatic rings. The number of hydrogen-bond acceptors (Lipinski definition) is 4. The van der Waals surface area contributed by atoms with E-state index in [0.29, 0.717) is 5.56 Å². The van der Waals surface area contributed by atoms with Crippen LogP contribution >= 0.6 is 0 Å². The highest BCUT2D eigenvalue weighted by Crippen LogP contribution is 2.37. The summed E-state index contributed by atoms with van der Waals surface area (Å²) in [5.74, 6) is 1.69. The van der Waals surface area contributed by atoms with Crippen LogP contribution < -0.4 is 4.90 Å². The highest BCUT2D eigenvalue weighted by atomic mass is 15.2. The predicted octanol–water partition coefficient (Wildman–Crippen LogP) is 4.94. The summed E-state index contributed by atoms with van der Waals surface area (Å²) in [6, 6.07) is 19.2. The van der Waals surface area contributed by atoms with Gasteiger partial charge in [0.05, 0.1) is 23.0 Å². The van der Waals surface area contributed by atoms with E-state index in [-0.39, 0.29) is 0 Å². The van der Waals surface area contributed by atoms with Crippen molar-refractivity contribution in [1.82, 2.24) is 19.0 Å². The summed E-state index contributed by atoms with van der Waals surface area (Å²) in [6.45, 7) is 6.30. The van der Waals surface area contributed by atoms with Crippen LogP contribution in [0, 0.1) is 24.2 Å². The minimum Gasteiger partial charge on any atom is -0.371 e. The van der Waals surface area contributed by atoms with E-state index < -0.39 is 0 Å². The summed E-state index contributed by atoms with van der Waals surface area (Å²) in [4.78, 5) is 9.65. The largest absolute Gasteiger partial charge is 0.371 e. The zero-order valence-electron chi connectivity index (χ0n) is 20.6. The van der Waals surface area contributed by atoms with Crippen LogP contribution in [0.2, 0.25) is 0 Å². The lowest BCUT2D eigenvalue weighted by Gasteiger charge is -2.22. The molecule has 1 saturated heterocycles. The Labute approximate surface area is 206 Å². The fraction of sp³-hybridized carbons (Fsp3) is 0.310.